The number of sulfonamides is 1. The SMILES string of the molecule is CC(C)CCN1CC(c2ccc3cnc(Nc4ccc(S(N)(=O)=O)cc4)nc3c2)CN1. The molecule has 164 valence electrons. The van der Waals surface area contributed by atoms with Crippen molar-refractivity contribution in [2.75, 3.05) is 25.0 Å². The van der Waals surface area contributed by atoms with E-state index in [4.69, 9.17) is 5.14 Å². The highest BCUT2D eigenvalue weighted by Crippen LogP contribution is 2.25. The van der Waals surface area contributed by atoms with E-state index in [0.717, 1.165) is 30.5 Å². The van der Waals surface area contributed by atoms with Gasteiger partial charge in [0.15, 0.2) is 0 Å². The number of hydrogen-bond donors (Lipinski definition) is 3. The van der Waals surface area contributed by atoms with Crippen LogP contribution in [-0.4, -0.2) is 43.0 Å². The van der Waals surface area contributed by atoms with Crippen molar-refractivity contribution in [3.05, 3.63) is 54.2 Å². The fourth-order valence-corrected chi connectivity index (χ4v) is 4.17. The number of anilines is 2. The highest BCUT2D eigenvalue weighted by atomic mass is 32.2. The maximum absolute atomic E-state index is 11.4. The van der Waals surface area contributed by atoms with Gasteiger partial charge in [-0.25, -0.2) is 28.5 Å². The van der Waals surface area contributed by atoms with Crippen molar-refractivity contribution in [1.29, 1.82) is 0 Å². The Hall–Kier alpha value is -2.59. The molecule has 0 aliphatic carbocycles. The van der Waals surface area contributed by atoms with Crippen molar-refractivity contribution in [2.24, 2.45) is 11.1 Å². The molecule has 1 saturated heterocycles. The number of primary sulfonamides is 1. The Kier molecular flexibility index (Phi) is 6.19. The topological polar surface area (TPSA) is 113 Å². The molecule has 0 amide bonds. The van der Waals surface area contributed by atoms with Crippen LogP contribution in [0.5, 0.6) is 0 Å². The van der Waals surface area contributed by atoms with E-state index in [0.29, 0.717) is 23.5 Å². The zero-order valence-corrected chi connectivity index (χ0v) is 18.6. The van der Waals surface area contributed by atoms with Crippen molar-refractivity contribution in [3.63, 3.8) is 0 Å². The van der Waals surface area contributed by atoms with Gasteiger partial charge in [-0.1, -0.05) is 26.0 Å². The maximum Gasteiger partial charge on any atom is 0.238 e. The van der Waals surface area contributed by atoms with E-state index in [1.54, 1.807) is 18.3 Å². The lowest BCUT2D eigenvalue weighted by molar-refractivity contribution is 0.236. The number of nitrogens with one attached hydrogen (secondary N) is 2. The van der Waals surface area contributed by atoms with Crippen LogP contribution in [0.15, 0.2) is 53.6 Å². The molecule has 1 aromatic heterocycles. The van der Waals surface area contributed by atoms with Crippen LogP contribution in [0.4, 0.5) is 11.6 Å². The van der Waals surface area contributed by atoms with Gasteiger partial charge in [0.2, 0.25) is 16.0 Å². The zero-order chi connectivity index (χ0) is 22.0. The number of fused-ring (bicyclic) bond motifs is 1. The summed E-state index contributed by atoms with van der Waals surface area (Å²) < 4.78 is 22.8. The first kappa shape index (κ1) is 21.6. The molecule has 0 bridgehead atoms. The molecule has 3 aromatic rings. The first-order valence-electron chi connectivity index (χ1n) is 10.4. The van der Waals surface area contributed by atoms with E-state index in [9.17, 15) is 8.42 Å². The minimum absolute atomic E-state index is 0.0646. The van der Waals surface area contributed by atoms with E-state index in [1.807, 2.05) is 0 Å². The van der Waals surface area contributed by atoms with Crippen molar-refractivity contribution in [1.82, 2.24) is 20.4 Å². The summed E-state index contributed by atoms with van der Waals surface area (Å²) in [4.78, 5) is 9.09. The van der Waals surface area contributed by atoms with Crippen LogP contribution in [0, 0.1) is 5.92 Å². The summed E-state index contributed by atoms with van der Waals surface area (Å²) in [5, 5.41) is 11.6. The second kappa shape index (κ2) is 8.88. The lowest BCUT2D eigenvalue weighted by atomic mass is 9.99. The zero-order valence-electron chi connectivity index (χ0n) is 17.7. The Bertz CT molecular complexity index is 1160. The van der Waals surface area contributed by atoms with E-state index < -0.39 is 10.0 Å². The summed E-state index contributed by atoms with van der Waals surface area (Å²) in [6.45, 7) is 7.47. The molecule has 8 nitrogen and oxygen atoms in total. The Morgan fingerprint density at radius 3 is 2.71 bits per heavy atom. The van der Waals surface area contributed by atoms with Crippen LogP contribution in [0.1, 0.15) is 31.7 Å². The third-order valence-corrected chi connectivity index (χ3v) is 6.42. The predicted molar refractivity (Wildman–Crippen MR) is 122 cm³/mol. The number of nitrogens with zero attached hydrogens (tertiary/aromatic N) is 3. The molecule has 0 saturated carbocycles. The Morgan fingerprint density at radius 2 is 2.00 bits per heavy atom. The van der Waals surface area contributed by atoms with Gasteiger partial charge in [0.25, 0.3) is 0 Å². The second-order valence-corrected chi connectivity index (χ2v) is 9.96. The van der Waals surface area contributed by atoms with Gasteiger partial charge in [0, 0.05) is 42.8 Å². The molecule has 4 N–H and O–H groups in total. The average Bonchev–Trinajstić information content (AvgIpc) is 3.21. The van der Waals surface area contributed by atoms with Gasteiger partial charge in [-0.2, -0.15) is 0 Å². The summed E-state index contributed by atoms with van der Waals surface area (Å²) in [5.74, 6) is 1.57. The largest absolute Gasteiger partial charge is 0.324 e. The molecule has 2 aromatic carbocycles. The van der Waals surface area contributed by atoms with E-state index >= 15 is 0 Å². The van der Waals surface area contributed by atoms with Crippen molar-refractivity contribution < 1.29 is 8.42 Å². The van der Waals surface area contributed by atoms with Crippen molar-refractivity contribution >= 4 is 32.6 Å². The predicted octanol–water partition coefficient (Wildman–Crippen LogP) is 2.97. The Morgan fingerprint density at radius 1 is 1.23 bits per heavy atom. The monoisotopic (exact) mass is 440 g/mol. The quantitative estimate of drug-likeness (QED) is 0.518. The lowest BCUT2D eigenvalue weighted by Gasteiger charge is -2.17. The highest BCUT2D eigenvalue weighted by Gasteiger charge is 2.23. The van der Waals surface area contributed by atoms with E-state index in [-0.39, 0.29) is 4.90 Å². The minimum Gasteiger partial charge on any atom is -0.324 e. The molecule has 9 heteroatoms. The summed E-state index contributed by atoms with van der Waals surface area (Å²) in [7, 11) is -3.71. The van der Waals surface area contributed by atoms with Crippen LogP contribution in [0.3, 0.4) is 0 Å². The summed E-state index contributed by atoms with van der Waals surface area (Å²) >= 11 is 0. The smallest absolute Gasteiger partial charge is 0.238 e. The Balaban J connectivity index is 1.49. The van der Waals surface area contributed by atoms with Gasteiger partial charge in [-0.3, -0.25) is 5.43 Å². The van der Waals surface area contributed by atoms with Gasteiger partial charge in [0.05, 0.1) is 10.4 Å². The standard InChI is InChI=1S/C22H28N6O2S/c1-15(2)9-10-28-14-18(13-25-28)16-3-4-17-12-24-22(27-21(17)11-16)26-19-5-7-20(8-6-19)31(23,29)30/h3-8,11-12,15,18,25H,9-10,13-14H2,1-2H3,(H2,23,29,30)(H,24,26,27). The highest BCUT2D eigenvalue weighted by molar-refractivity contribution is 7.89. The van der Waals surface area contributed by atoms with E-state index in [1.165, 1.54) is 24.1 Å². The van der Waals surface area contributed by atoms with Crippen LogP contribution in [0.25, 0.3) is 10.9 Å². The molecule has 1 aliphatic rings. The Labute approximate surface area is 182 Å². The minimum atomic E-state index is -3.71. The number of benzene rings is 2. The first-order chi connectivity index (χ1) is 14.8. The van der Waals surface area contributed by atoms with Crippen molar-refractivity contribution in [2.45, 2.75) is 31.1 Å². The number of aromatic nitrogens is 2. The van der Waals surface area contributed by atoms with Gasteiger partial charge in [-0.15, -0.1) is 0 Å². The summed E-state index contributed by atoms with van der Waals surface area (Å²) in [6.07, 6.45) is 2.97. The van der Waals surface area contributed by atoms with Gasteiger partial charge in [0.1, 0.15) is 0 Å². The molecule has 1 unspecified atom stereocenters. The molecule has 0 radical (unpaired) electrons. The second-order valence-electron chi connectivity index (χ2n) is 8.39. The fourth-order valence-electron chi connectivity index (χ4n) is 3.65. The summed E-state index contributed by atoms with van der Waals surface area (Å²) in [6, 6.07) is 12.5. The third kappa shape index (κ3) is 5.37. The fraction of sp³-hybridized carbons (Fsp3) is 0.364. The summed E-state index contributed by atoms with van der Waals surface area (Å²) in [5.41, 5.74) is 6.32. The molecule has 1 fully saturated rings. The molecule has 1 atom stereocenters. The molecular formula is C22H28N6O2S. The molecule has 1 aliphatic heterocycles. The van der Waals surface area contributed by atoms with Gasteiger partial charge >= 0.3 is 0 Å². The van der Waals surface area contributed by atoms with Crippen LogP contribution in [-0.2, 0) is 10.0 Å². The number of hydrazine groups is 1. The number of rotatable bonds is 7. The molecular weight excluding hydrogens is 412 g/mol. The maximum atomic E-state index is 11.4. The number of nitrogens with two attached hydrogens (primary N) is 1. The lowest BCUT2D eigenvalue weighted by Crippen LogP contribution is -2.32. The molecule has 2 heterocycles. The van der Waals surface area contributed by atoms with Crippen LogP contribution >= 0.6 is 0 Å². The molecule has 31 heavy (non-hydrogen) atoms. The normalized spacial score (nSPS) is 17.5. The van der Waals surface area contributed by atoms with Crippen LogP contribution in [0.2, 0.25) is 0 Å². The number of hydrogen-bond acceptors (Lipinski definition) is 7. The average molecular weight is 441 g/mol. The van der Waals surface area contributed by atoms with Crippen molar-refractivity contribution in [3.8, 4) is 0 Å². The van der Waals surface area contributed by atoms with Gasteiger partial charge < -0.3 is 5.32 Å². The molecule has 0 spiro atoms. The molecule has 4 rings (SSSR count). The first-order valence-corrected chi connectivity index (χ1v) is 12.0. The third-order valence-electron chi connectivity index (χ3n) is 5.50. The van der Waals surface area contributed by atoms with E-state index in [2.05, 4.69) is 57.8 Å². The van der Waals surface area contributed by atoms with Crippen LogP contribution < -0.4 is 15.9 Å². The van der Waals surface area contributed by atoms with Gasteiger partial charge in [-0.05, 0) is 48.2 Å².